The number of aromatic nitrogens is 2. The van der Waals surface area contributed by atoms with Crippen molar-refractivity contribution in [3.63, 3.8) is 0 Å². The van der Waals surface area contributed by atoms with Crippen molar-refractivity contribution in [2.24, 2.45) is 7.05 Å². The summed E-state index contributed by atoms with van der Waals surface area (Å²) in [4.78, 5) is 33.2. The van der Waals surface area contributed by atoms with Gasteiger partial charge in [0.15, 0.2) is 0 Å². The zero-order valence-electron chi connectivity index (χ0n) is 10.7. The van der Waals surface area contributed by atoms with E-state index in [1.54, 1.807) is 0 Å². The van der Waals surface area contributed by atoms with Gasteiger partial charge >= 0.3 is 16.8 Å². The number of H-pyrrole nitrogens is 1. The van der Waals surface area contributed by atoms with Crippen LogP contribution in [0.5, 0.6) is 0 Å². The summed E-state index contributed by atoms with van der Waals surface area (Å²) in [5.74, 6) is 1.32. The molecular weight excluding hydrogens is 295 g/mol. The molecule has 0 fully saturated rings. The minimum atomic E-state index is 0. The van der Waals surface area contributed by atoms with E-state index >= 15 is 0 Å². The fraction of sp³-hybridized carbons (Fsp3) is 0.417. The number of hydrogen-bond donors (Lipinski definition) is 1. The van der Waals surface area contributed by atoms with Gasteiger partial charge in [-0.2, -0.15) is 0 Å². The molecule has 0 saturated carbocycles. The van der Waals surface area contributed by atoms with Crippen molar-refractivity contribution < 1.29 is 40.5 Å². The minimum absolute atomic E-state index is 0. The van der Waals surface area contributed by atoms with Gasteiger partial charge in [0.05, 0.1) is 7.05 Å². The third kappa shape index (κ3) is 22.1. The molecule has 19 heavy (non-hydrogen) atoms. The maximum atomic E-state index is 7.50. The molecule has 0 bridgehead atoms. The topological polar surface area (TPSA) is 87.9 Å². The third-order valence-electron chi connectivity index (χ3n) is 1.74. The Labute approximate surface area is 124 Å². The average Bonchev–Trinajstić information content (AvgIpc) is 2.90. The molecule has 0 aromatic carbocycles. The van der Waals surface area contributed by atoms with Crippen molar-refractivity contribution in [2.45, 2.75) is 26.2 Å². The van der Waals surface area contributed by atoms with E-state index in [4.69, 9.17) is 19.2 Å². The Hall–Kier alpha value is -1.60. The molecule has 103 valence electrons. The van der Waals surface area contributed by atoms with E-state index in [9.17, 15) is 0 Å². The Morgan fingerprint density at radius 1 is 1.05 bits per heavy atom. The summed E-state index contributed by atoms with van der Waals surface area (Å²) in [5.41, 5.74) is 0. The monoisotopic (exact) mass is 310 g/mol. The Bertz CT molecular complexity index is 252. The molecule has 1 heterocycles. The first-order valence-corrected chi connectivity index (χ1v) is 4.68. The zero-order chi connectivity index (χ0) is 15.4. The number of carbonyl (C=O) groups excluding carboxylic acids is 4. The van der Waals surface area contributed by atoms with Gasteiger partial charge in [-0.1, -0.05) is 13.3 Å². The average molecular weight is 310 g/mol. The van der Waals surface area contributed by atoms with Crippen LogP contribution in [0.1, 0.15) is 25.6 Å². The van der Waals surface area contributed by atoms with E-state index in [0.29, 0.717) is 0 Å². The Balaban J connectivity index is -0.0000000628. The largest absolute Gasteiger partial charge is 2.00 e. The molecule has 1 rings (SSSR count). The Kier molecular flexibility index (Phi) is 57.6. The standard InChI is InChI=1S/C8H14N2.4CO.Co/c1-3-4-5-8-9-6-7-10(8)2;4*1-2;/h6-7H,3-5H2,1-2H3;;;;;/q;;;;;+2/p+1. The zero-order valence-corrected chi connectivity index (χ0v) is 11.7. The first-order chi connectivity index (χ1) is 8.84. The Morgan fingerprint density at radius 3 is 1.74 bits per heavy atom. The van der Waals surface area contributed by atoms with Crippen LogP contribution in [0.3, 0.4) is 0 Å². The van der Waals surface area contributed by atoms with Crippen LogP contribution in [0.15, 0.2) is 12.4 Å². The number of nitrogens with one attached hydrogen (secondary N) is 1. The van der Waals surface area contributed by atoms with Crippen molar-refractivity contribution in [2.75, 3.05) is 0 Å². The SMILES string of the molecule is CCCCc1[nH]cc[n+]1C.[C]=O.[C]=O.[C]=O.[C]=O.[Co+2]. The van der Waals surface area contributed by atoms with Crippen LogP contribution < -0.4 is 4.57 Å². The number of unbranched alkanes of at least 4 members (excludes halogenated alkanes) is 1. The predicted octanol–water partition coefficient (Wildman–Crippen LogP) is -0.409. The number of imidazole rings is 1. The molecule has 1 N–H and O–H groups in total. The van der Waals surface area contributed by atoms with Crippen LogP contribution in [-0.4, -0.2) is 32.1 Å². The molecule has 0 atom stereocenters. The number of nitrogens with zero attached hydrogens (tertiary/aromatic N) is 1. The maximum Gasteiger partial charge on any atom is 2.00 e. The summed E-state index contributed by atoms with van der Waals surface area (Å²) >= 11 is 0. The molecule has 0 saturated heterocycles. The van der Waals surface area contributed by atoms with Gasteiger partial charge in [-0.3, -0.25) is 19.2 Å². The fourth-order valence-electron chi connectivity index (χ4n) is 1.03. The van der Waals surface area contributed by atoms with Crippen LogP contribution in [0.4, 0.5) is 0 Å². The maximum absolute atomic E-state index is 7.50. The first kappa shape index (κ1) is 30.4. The normalized spacial score (nSPS) is 6.21. The van der Waals surface area contributed by atoms with Gasteiger partial charge in [0.1, 0.15) is 12.4 Å². The second-order valence-electron chi connectivity index (χ2n) is 2.62. The van der Waals surface area contributed by atoms with E-state index in [-0.39, 0.29) is 16.8 Å². The van der Waals surface area contributed by atoms with E-state index in [1.807, 2.05) is 12.4 Å². The summed E-state index contributed by atoms with van der Waals surface area (Å²) in [5, 5.41) is 0. The summed E-state index contributed by atoms with van der Waals surface area (Å²) in [6.07, 6.45) is 7.73. The molecule has 1 aromatic heterocycles. The van der Waals surface area contributed by atoms with Gasteiger partial charge in [-0.15, -0.1) is 0 Å². The van der Waals surface area contributed by atoms with Crippen LogP contribution in [0.25, 0.3) is 0 Å². The van der Waals surface area contributed by atoms with Crippen LogP contribution in [-0.2, 0) is 49.4 Å². The van der Waals surface area contributed by atoms with Crippen LogP contribution in [0.2, 0.25) is 0 Å². The van der Waals surface area contributed by atoms with E-state index < -0.39 is 0 Å². The second kappa shape index (κ2) is 36.0. The molecule has 0 amide bonds. The van der Waals surface area contributed by atoms with Crippen molar-refractivity contribution >= 4 is 27.2 Å². The van der Waals surface area contributed by atoms with E-state index in [0.717, 1.165) is 0 Å². The number of hydrogen-bond acceptors (Lipinski definition) is 4. The molecule has 0 aliphatic carbocycles. The van der Waals surface area contributed by atoms with Crippen LogP contribution in [0, 0.1) is 0 Å². The number of aromatic amines is 1. The van der Waals surface area contributed by atoms with Gasteiger partial charge < -0.3 is 0 Å². The molecular formula is C12H15CoN2O4+3. The third-order valence-corrected chi connectivity index (χ3v) is 1.74. The number of aryl methyl sites for hydroxylation is 2. The smallest absolute Gasteiger partial charge is 0.281 e. The molecule has 9 radical (unpaired) electrons. The van der Waals surface area contributed by atoms with Gasteiger partial charge in [0.2, 0.25) is 0 Å². The summed E-state index contributed by atoms with van der Waals surface area (Å²) in [6, 6.07) is 0. The van der Waals surface area contributed by atoms with Crippen LogP contribution >= 0.6 is 0 Å². The van der Waals surface area contributed by atoms with E-state index in [1.165, 1.54) is 25.1 Å². The van der Waals surface area contributed by atoms with Gasteiger partial charge in [0, 0.05) is 6.42 Å². The molecule has 0 spiro atoms. The second-order valence-corrected chi connectivity index (χ2v) is 2.62. The van der Waals surface area contributed by atoms with Crippen molar-refractivity contribution in [1.82, 2.24) is 4.98 Å². The van der Waals surface area contributed by atoms with Gasteiger partial charge in [-0.05, 0) is 6.42 Å². The summed E-state index contributed by atoms with van der Waals surface area (Å²) in [6.45, 7) is 20.2. The predicted molar refractivity (Wildman–Crippen MR) is 63.4 cm³/mol. The summed E-state index contributed by atoms with van der Waals surface area (Å²) < 4.78 is 2.13. The Morgan fingerprint density at radius 2 is 1.47 bits per heavy atom. The quantitative estimate of drug-likeness (QED) is 0.769. The first-order valence-electron chi connectivity index (χ1n) is 4.68. The number of rotatable bonds is 3. The fourth-order valence-corrected chi connectivity index (χ4v) is 1.03. The minimum Gasteiger partial charge on any atom is -0.281 e. The van der Waals surface area contributed by atoms with Gasteiger partial charge in [-0.25, -0.2) is 9.55 Å². The molecule has 0 aliphatic rings. The molecule has 0 unspecified atom stereocenters. The molecule has 1 aromatic rings. The van der Waals surface area contributed by atoms with Crippen molar-refractivity contribution in [1.29, 1.82) is 0 Å². The molecule has 7 heteroatoms. The molecule has 6 nitrogen and oxygen atoms in total. The van der Waals surface area contributed by atoms with E-state index in [2.05, 4.69) is 50.7 Å². The van der Waals surface area contributed by atoms with Crippen molar-refractivity contribution in [3.8, 4) is 0 Å². The van der Waals surface area contributed by atoms with Gasteiger partial charge in [0.25, 0.3) is 33.0 Å². The van der Waals surface area contributed by atoms with Crippen molar-refractivity contribution in [3.05, 3.63) is 18.2 Å². The molecule has 0 aliphatic heterocycles. The summed E-state index contributed by atoms with van der Waals surface area (Å²) in [7, 11) is 2.07.